The maximum atomic E-state index is 13.3. The van der Waals surface area contributed by atoms with E-state index in [4.69, 9.17) is 10.5 Å². The van der Waals surface area contributed by atoms with Crippen LogP contribution in [0.5, 0.6) is 5.75 Å². The molecule has 100 valence electrons. The zero-order chi connectivity index (χ0) is 13.7. The molecule has 0 aliphatic heterocycles. The molecule has 0 bridgehead atoms. The molecule has 0 spiro atoms. The van der Waals surface area contributed by atoms with Gasteiger partial charge in [0.2, 0.25) is 0 Å². The topological polar surface area (TPSA) is 35.2 Å². The highest BCUT2D eigenvalue weighted by atomic mass is 32.2. The smallest absolute Gasteiger partial charge is 0.147 e. The Bertz CT molecular complexity index is 560. The minimum Gasteiger partial charge on any atom is -0.494 e. The summed E-state index contributed by atoms with van der Waals surface area (Å²) in [6.45, 7) is 2.59. The van der Waals surface area contributed by atoms with Crippen molar-refractivity contribution in [1.29, 1.82) is 0 Å². The summed E-state index contributed by atoms with van der Waals surface area (Å²) < 4.78 is 18.9. The van der Waals surface area contributed by atoms with E-state index in [2.05, 4.69) is 0 Å². The lowest BCUT2D eigenvalue weighted by Gasteiger charge is -2.09. The van der Waals surface area contributed by atoms with Crippen molar-refractivity contribution < 1.29 is 9.13 Å². The first-order valence-electron chi connectivity index (χ1n) is 6.09. The van der Waals surface area contributed by atoms with Crippen molar-refractivity contribution in [2.24, 2.45) is 0 Å². The van der Waals surface area contributed by atoms with Crippen LogP contribution in [-0.4, -0.2) is 6.61 Å². The third kappa shape index (κ3) is 3.64. The fourth-order valence-electron chi connectivity index (χ4n) is 1.68. The number of benzene rings is 2. The highest BCUT2D eigenvalue weighted by molar-refractivity contribution is 7.98. The molecule has 2 aromatic carbocycles. The molecule has 2 nitrogen and oxygen atoms in total. The first kappa shape index (κ1) is 13.7. The number of ether oxygens (including phenoxy) is 1. The van der Waals surface area contributed by atoms with E-state index >= 15 is 0 Å². The molecule has 0 amide bonds. The minimum atomic E-state index is -0.372. The SMILES string of the molecule is CCOc1ccccc1CSc1ccc(N)c(F)c1. The molecule has 0 unspecified atom stereocenters. The second kappa shape index (κ2) is 6.48. The summed E-state index contributed by atoms with van der Waals surface area (Å²) in [5.74, 6) is 1.25. The lowest BCUT2D eigenvalue weighted by Crippen LogP contribution is -1.95. The molecule has 0 heterocycles. The average Bonchev–Trinajstić information content (AvgIpc) is 2.42. The summed E-state index contributed by atoms with van der Waals surface area (Å²) in [6.07, 6.45) is 0. The van der Waals surface area contributed by atoms with E-state index < -0.39 is 0 Å². The Kier molecular flexibility index (Phi) is 4.68. The number of halogens is 1. The van der Waals surface area contributed by atoms with Gasteiger partial charge in [-0.25, -0.2) is 4.39 Å². The van der Waals surface area contributed by atoms with Crippen molar-refractivity contribution in [3.8, 4) is 5.75 Å². The molecular weight excluding hydrogens is 261 g/mol. The summed E-state index contributed by atoms with van der Waals surface area (Å²) >= 11 is 1.56. The van der Waals surface area contributed by atoms with Gasteiger partial charge in [0, 0.05) is 16.2 Å². The van der Waals surface area contributed by atoms with Crippen LogP contribution in [0.2, 0.25) is 0 Å². The van der Waals surface area contributed by atoms with E-state index in [1.807, 2.05) is 37.3 Å². The van der Waals surface area contributed by atoms with Crippen LogP contribution in [0.4, 0.5) is 10.1 Å². The van der Waals surface area contributed by atoms with Gasteiger partial charge >= 0.3 is 0 Å². The number of para-hydroxylation sites is 1. The highest BCUT2D eigenvalue weighted by Crippen LogP contribution is 2.29. The van der Waals surface area contributed by atoms with Crippen molar-refractivity contribution in [2.45, 2.75) is 17.6 Å². The molecule has 2 rings (SSSR count). The maximum Gasteiger partial charge on any atom is 0.147 e. The minimum absolute atomic E-state index is 0.180. The largest absolute Gasteiger partial charge is 0.494 e. The molecule has 0 fully saturated rings. The van der Waals surface area contributed by atoms with Gasteiger partial charge in [0.05, 0.1) is 12.3 Å². The van der Waals surface area contributed by atoms with Crippen molar-refractivity contribution in [3.63, 3.8) is 0 Å². The summed E-state index contributed by atoms with van der Waals surface area (Å²) in [5, 5.41) is 0. The molecule has 2 aromatic rings. The molecule has 0 atom stereocenters. The standard InChI is InChI=1S/C15H16FNOS/c1-2-18-15-6-4-3-5-11(15)10-19-12-7-8-14(17)13(16)9-12/h3-9H,2,10,17H2,1H3. The van der Waals surface area contributed by atoms with Crippen LogP contribution in [0.3, 0.4) is 0 Å². The summed E-state index contributed by atoms with van der Waals surface area (Å²) in [5.41, 5.74) is 6.74. The fraction of sp³-hybridized carbons (Fsp3) is 0.200. The van der Waals surface area contributed by atoms with E-state index in [1.54, 1.807) is 17.8 Å². The van der Waals surface area contributed by atoms with Gasteiger partial charge in [-0.05, 0) is 31.2 Å². The lowest BCUT2D eigenvalue weighted by atomic mass is 10.2. The molecule has 0 radical (unpaired) electrons. The van der Waals surface area contributed by atoms with Crippen LogP contribution < -0.4 is 10.5 Å². The number of hydrogen-bond acceptors (Lipinski definition) is 3. The lowest BCUT2D eigenvalue weighted by molar-refractivity contribution is 0.337. The normalized spacial score (nSPS) is 10.4. The molecule has 2 N–H and O–H groups in total. The number of nitrogen functional groups attached to an aromatic ring is 1. The molecular formula is C15H16FNOS. The van der Waals surface area contributed by atoms with Crippen molar-refractivity contribution in [1.82, 2.24) is 0 Å². The van der Waals surface area contributed by atoms with Crippen LogP contribution >= 0.6 is 11.8 Å². The number of nitrogens with two attached hydrogens (primary N) is 1. The second-order valence-electron chi connectivity index (χ2n) is 4.01. The summed E-state index contributed by atoms with van der Waals surface area (Å²) in [7, 11) is 0. The van der Waals surface area contributed by atoms with Gasteiger partial charge in [-0.2, -0.15) is 0 Å². The molecule has 0 aliphatic carbocycles. The van der Waals surface area contributed by atoms with E-state index in [9.17, 15) is 4.39 Å². The Morgan fingerprint density at radius 3 is 2.74 bits per heavy atom. The van der Waals surface area contributed by atoms with E-state index in [0.29, 0.717) is 6.61 Å². The van der Waals surface area contributed by atoms with Crippen molar-refractivity contribution >= 4 is 17.4 Å². The number of rotatable bonds is 5. The number of anilines is 1. The van der Waals surface area contributed by atoms with Gasteiger partial charge in [-0.1, -0.05) is 18.2 Å². The number of hydrogen-bond donors (Lipinski definition) is 1. The predicted octanol–water partition coefficient (Wildman–Crippen LogP) is 4.10. The van der Waals surface area contributed by atoms with Gasteiger partial charge in [0.1, 0.15) is 11.6 Å². The molecule has 19 heavy (non-hydrogen) atoms. The summed E-state index contributed by atoms with van der Waals surface area (Å²) in [4.78, 5) is 0.859. The first-order chi connectivity index (χ1) is 9.20. The third-order valence-electron chi connectivity index (χ3n) is 2.64. The van der Waals surface area contributed by atoms with Gasteiger partial charge in [0.25, 0.3) is 0 Å². The third-order valence-corrected chi connectivity index (χ3v) is 3.68. The van der Waals surface area contributed by atoms with Gasteiger partial charge in [-0.15, -0.1) is 11.8 Å². The van der Waals surface area contributed by atoms with E-state index in [0.717, 1.165) is 22.0 Å². The van der Waals surface area contributed by atoms with Crippen LogP contribution in [0.15, 0.2) is 47.4 Å². The van der Waals surface area contributed by atoms with E-state index in [-0.39, 0.29) is 11.5 Å². The maximum absolute atomic E-state index is 13.3. The van der Waals surface area contributed by atoms with Crippen LogP contribution in [-0.2, 0) is 5.75 Å². The first-order valence-corrected chi connectivity index (χ1v) is 7.07. The molecule has 4 heteroatoms. The van der Waals surface area contributed by atoms with Crippen molar-refractivity contribution in [2.75, 3.05) is 12.3 Å². The van der Waals surface area contributed by atoms with Gasteiger partial charge < -0.3 is 10.5 Å². The van der Waals surface area contributed by atoms with Crippen LogP contribution in [0, 0.1) is 5.82 Å². The Hall–Kier alpha value is -1.68. The Balaban J connectivity index is 2.07. The molecule has 0 saturated heterocycles. The summed E-state index contributed by atoms with van der Waals surface area (Å²) in [6, 6.07) is 12.8. The quantitative estimate of drug-likeness (QED) is 0.660. The molecule has 0 saturated carbocycles. The zero-order valence-corrected chi connectivity index (χ0v) is 11.5. The predicted molar refractivity (Wildman–Crippen MR) is 78.0 cm³/mol. The second-order valence-corrected chi connectivity index (χ2v) is 5.06. The zero-order valence-electron chi connectivity index (χ0n) is 10.7. The molecule has 0 aliphatic rings. The van der Waals surface area contributed by atoms with Gasteiger partial charge in [0.15, 0.2) is 0 Å². The van der Waals surface area contributed by atoms with E-state index in [1.165, 1.54) is 6.07 Å². The average molecular weight is 277 g/mol. The van der Waals surface area contributed by atoms with Crippen LogP contribution in [0.1, 0.15) is 12.5 Å². The monoisotopic (exact) mass is 277 g/mol. The number of thioether (sulfide) groups is 1. The fourth-order valence-corrected chi connectivity index (χ4v) is 2.59. The molecule has 0 aromatic heterocycles. The van der Waals surface area contributed by atoms with Gasteiger partial charge in [-0.3, -0.25) is 0 Å². The van der Waals surface area contributed by atoms with Crippen LogP contribution in [0.25, 0.3) is 0 Å². The highest BCUT2D eigenvalue weighted by Gasteiger charge is 2.05. The Morgan fingerprint density at radius 2 is 2.00 bits per heavy atom. The van der Waals surface area contributed by atoms with Crippen molar-refractivity contribution in [3.05, 3.63) is 53.8 Å². The Labute approximate surface area is 116 Å². The Morgan fingerprint density at radius 1 is 1.21 bits per heavy atom.